The van der Waals surface area contributed by atoms with Gasteiger partial charge in [0, 0.05) is 25.4 Å². The Bertz CT molecular complexity index is 867. The van der Waals surface area contributed by atoms with E-state index in [0.29, 0.717) is 31.7 Å². The van der Waals surface area contributed by atoms with Crippen LogP contribution in [0.4, 0.5) is 4.39 Å². The number of aryl methyl sites for hydroxylation is 1. The van der Waals surface area contributed by atoms with Gasteiger partial charge in [-0.05, 0) is 59.5 Å². The van der Waals surface area contributed by atoms with Crippen molar-refractivity contribution in [1.82, 2.24) is 10.3 Å². The number of nitrogens with zero attached hydrogens (tertiary/aromatic N) is 1. The van der Waals surface area contributed by atoms with E-state index in [0.717, 1.165) is 16.7 Å². The summed E-state index contributed by atoms with van der Waals surface area (Å²) in [5.41, 5.74) is 2.87. The third kappa shape index (κ3) is 6.22. The van der Waals surface area contributed by atoms with Gasteiger partial charge in [0.1, 0.15) is 18.2 Å². The summed E-state index contributed by atoms with van der Waals surface area (Å²) in [4.78, 5) is 15.9. The number of benzene rings is 2. The van der Waals surface area contributed by atoms with Crippen LogP contribution in [-0.4, -0.2) is 10.9 Å². The smallest absolute Gasteiger partial charge is 0.220 e. The van der Waals surface area contributed by atoms with Crippen molar-refractivity contribution in [2.45, 2.75) is 26.0 Å². The number of pyridine rings is 1. The number of halogens is 1. The Morgan fingerprint density at radius 2 is 1.74 bits per heavy atom. The molecule has 1 heterocycles. The predicted octanol–water partition coefficient (Wildman–Crippen LogP) is 4.05. The van der Waals surface area contributed by atoms with Gasteiger partial charge in [-0.25, -0.2) is 4.39 Å². The highest BCUT2D eigenvalue weighted by molar-refractivity contribution is 5.76. The molecule has 0 bridgehead atoms. The van der Waals surface area contributed by atoms with E-state index in [9.17, 15) is 9.18 Å². The normalized spacial score (nSPS) is 10.4. The van der Waals surface area contributed by atoms with Gasteiger partial charge in [-0.3, -0.25) is 9.78 Å². The Kier molecular flexibility index (Phi) is 6.52. The standard InChI is InChI=1S/C22H21FN2O2/c23-20-3-1-2-19(14-20)16-27-21-7-4-17(5-8-21)6-9-22(26)25-15-18-10-12-24-13-11-18/h1-5,7-8,10-14H,6,9,15-16H2,(H,25,26). The molecule has 1 amide bonds. The van der Waals surface area contributed by atoms with Gasteiger partial charge in [0.15, 0.2) is 0 Å². The number of hydrogen-bond acceptors (Lipinski definition) is 3. The second kappa shape index (κ2) is 9.48. The largest absolute Gasteiger partial charge is 0.489 e. The first-order valence-corrected chi connectivity index (χ1v) is 8.81. The maximum Gasteiger partial charge on any atom is 0.220 e. The molecule has 4 nitrogen and oxygen atoms in total. The van der Waals surface area contributed by atoms with Crippen molar-refractivity contribution in [3.05, 3.63) is 95.6 Å². The average Bonchev–Trinajstić information content (AvgIpc) is 2.71. The Morgan fingerprint density at radius 1 is 0.963 bits per heavy atom. The molecular weight excluding hydrogens is 343 g/mol. The zero-order valence-corrected chi connectivity index (χ0v) is 14.9. The highest BCUT2D eigenvalue weighted by Gasteiger charge is 2.03. The Labute approximate surface area is 158 Å². The molecule has 27 heavy (non-hydrogen) atoms. The fourth-order valence-electron chi connectivity index (χ4n) is 2.59. The number of hydrogen-bond donors (Lipinski definition) is 1. The molecule has 0 spiro atoms. The van der Waals surface area contributed by atoms with Crippen LogP contribution < -0.4 is 10.1 Å². The van der Waals surface area contributed by atoms with Crippen molar-refractivity contribution in [2.75, 3.05) is 0 Å². The van der Waals surface area contributed by atoms with E-state index in [1.165, 1.54) is 12.1 Å². The predicted molar refractivity (Wildman–Crippen MR) is 102 cm³/mol. The quantitative estimate of drug-likeness (QED) is 0.656. The zero-order valence-electron chi connectivity index (χ0n) is 14.9. The van der Waals surface area contributed by atoms with Crippen molar-refractivity contribution >= 4 is 5.91 Å². The van der Waals surface area contributed by atoms with Gasteiger partial charge in [0.25, 0.3) is 0 Å². The summed E-state index contributed by atoms with van der Waals surface area (Å²) in [6.45, 7) is 0.822. The van der Waals surface area contributed by atoms with E-state index in [1.807, 2.05) is 42.5 Å². The molecule has 0 aliphatic carbocycles. The third-order valence-corrected chi connectivity index (χ3v) is 4.10. The fourth-order valence-corrected chi connectivity index (χ4v) is 2.59. The summed E-state index contributed by atoms with van der Waals surface area (Å²) in [5.74, 6) is 0.456. The van der Waals surface area contributed by atoms with Crippen LogP contribution in [0.2, 0.25) is 0 Å². The van der Waals surface area contributed by atoms with Crippen molar-refractivity contribution in [1.29, 1.82) is 0 Å². The van der Waals surface area contributed by atoms with Gasteiger partial charge in [0.2, 0.25) is 5.91 Å². The number of carbonyl (C=O) groups excluding carboxylic acids is 1. The van der Waals surface area contributed by atoms with E-state index in [4.69, 9.17) is 4.74 Å². The van der Waals surface area contributed by atoms with Gasteiger partial charge in [-0.1, -0.05) is 24.3 Å². The van der Waals surface area contributed by atoms with Gasteiger partial charge >= 0.3 is 0 Å². The molecule has 0 atom stereocenters. The van der Waals surface area contributed by atoms with E-state index >= 15 is 0 Å². The van der Waals surface area contributed by atoms with Gasteiger partial charge in [-0.15, -0.1) is 0 Å². The summed E-state index contributed by atoms with van der Waals surface area (Å²) in [7, 11) is 0. The summed E-state index contributed by atoms with van der Waals surface area (Å²) in [6, 6.07) is 17.7. The Hall–Kier alpha value is -3.21. The number of ether oxygens (including phenoxy) is 1. The minimum atomic E-state index is -0.270. The molecule has 2 aromatic carbocycles. The fraction of sp³-hybridized carbons (Fsp3) is 0.182. The van der Waals surface area contributed by atoms with Crippen LogP contribution >= 0.6 is 0 Å². The lowest BCUT2D eigenvalue weighted by molar-refractivity contribution is -0.121. The SMILES string of the molecule is O=C(CCc1ccc(OCc2cccc(F)c2)cc1)NCc1ccncc1. The van der Waals surface area contributed by atoms with Crippen molar-refractivity contribution in [3.63, 3.8) is 0 Å². The lowest BCUT2D eigenvalue weighted by atomic mass is 10.1. The van der Waals surface area contributed by atoms with E-state index in [-0.39, 0.29) is 11.7 Å². The number of carbonyl (C=O) groups is 1. The average molecular weight is 364 g/mol. The second-order valence-electron chi connectivity index (χ2n) is 6.19. The van der Waals surface area contributed by atoms with E-state index in [2.05, 4.69) is 10.3 Å². The molecule has 0 aliphatic heterocycles. The molecule has 0 saturated carbocycles. The van der Waals surface area contributed by atoms with Gasteiger partial charge in [0.05, 0.1) is 0 Å². The molecular formula is C22H21FN2O2. The van der Waals surface area contributed by atoms with E-state index < -0.39 is 0 Å². The molecule has 1 N–H and O–H groups in total. The molecule has 3 rings (SSSR count). The number of nitrogens with one attached hydrogen (secondary N) is 1. The van der Waals surface area contributed by atoms with Crippen molar-refractivity contribution in [3.8, 4) is 5.75 Å². The highest BCUT2D eigenvalue weighted by Crippen LogP contribution is 2.15. The second-order valence-corrected chi connectivity index (χ2v) is 6.19. The topological polar surface area (TPSA) is 51.2 Å². The van der Waals surface area contributed by atoms with Crippen LogP contribution in [0.5, 0.6) is 5.75 Å². The van der Waals surface area contributed by atoms with Crippen LogP contribution in [-0.2, 0) is 24.4 Å². The minimum absolute atomic E-state index is 0.0123. The maximum absolute atomic E-state index is 13.2. The van der Waals surface area contributed by atoms with Gasteiger partial charge < -0.3 is 10.1 Å². The molecule has 5 heteroatoms. The van der Waals surface area contributed by atoms with Crippen LogP contribution in [0.1, 0.15) is 23.1 Å². The molecule has 3 aromatic rings. The monoisotopic (exact) mass is 364 g/mol. The lowest BCUT2D eigenvalue weighted by Gasteiger charge is -2.08. The van der Waals surface area contributed by atoms with Crippen molar-refractivity contribution < 1.29 is 13.9 Å². The first-order valence-electron chi connectivity index (χ1n) is 8.81. The van der Waals surface area contributed by atoms with Gasteiger partial charge in [-0.2, -0.15) is 0 Å². The first-order chi connectivity index (χ1) is 13.2. The zero-order chi connectivity index (χ0) is 18.9. The van der Waals surface area contributed by atoms with Crippen LogP contribution in [0, 0.1) is 5.82 Å². The van der Waals surface area contributed by atoms with Crippen LogP contribution in [0.15, 0.2) is 73.1 Å². The van der Waals surface area contributed by atoms with Crippen molar-refractivity contribution in [2.24, 2.45) is 0 Å². The third-order valence-electron chi connectivity index (χ3n) is 4.10. The van der Waals surface area contributed by atoms with Crippen LogP contribution in [0.3, 0.4) is 0 Å². The number of amides is 1. The molecule has 0 saturated heterocycles. The van der Waals surface area contributed by atoms with E-state index in [1.54, 1.807) is 18.5 Å². The molecule has 0 unspecified atom stereocenters. The number of rotatable bonds is 8. The Morgan fingerprint density at radius 3 is 2.48 bits per heavy atom. The minimum Gasteiger partial charge on any atom is -0.489 e. The summed E-state index contributed by atoms with van der Waals surface area (Å²) < 4.78 is 18.8. The Balaban J connectivity index is 1.41. The molecule has 0 fully saturated rings. The number of aromatic nitrogens is 1. The van der Waals surface area contributed by atoms with Crippen LogP contribution in [0.25, 0.3) is 0 Å². The molecule has 1 aromatic heterocycles. The maximum atomic E-state index is 13.2. The summed E-state index contributed by atoms with van der Waals surface area (Å²) in [6.07, 6.45) is 4.50. The summed E-state index contributed by atoms with van der Waals surface area (Å²) in [5, 5.41) is 2.90. The molecule has 138 valence electrons. The molecule has 0 radical (unpaired) electrons. The highest BCUT2D eigenvalue weighted by atomic mass is 19.1. The molecule has 0 aliphatic rings. The lowest BCUT2D eigenvalue weighted by Crippen LogP contribution is -2.22. The summed E-state index contributed by atoms with van der Waals surface area (Å²) >= 11 is 0. The first kappa shape index (κ1) is 18.6.